The van der Waals surface area contributed by atoms with Crippen LogP contribution >= 0.6 is 0 Å². The summed E-state index contributed by atoms with van der Waals surface area (Å²) >= 11 is 0. The number of hydrogen-bond acceptors (Lipinski definition) is 3. The van der Waals surface area contributed by atoms with E-state index in [0.29, 0.717) is 23.5 Å². The molecule has 0 bridgehead atoms. The van der Waals surface area contributed by atoms with Gasteiger partial charge in [0, 0.05) is 23.9 Å². The molecule has 0 spiro atoms. The molecule has 3 rings (SSSR count). The van der Waals surface area contributed by atoms with Crippen LogP contribution in [-0.4, -0.2) is 24.5 Å². The highest BCUT2D eigenvalue weighted by Crippen LogP contribution is 2.36. The zero-order valence-corrected chi connectivity index (χ0v) is 13.8. The summed E-state index contributed by atoms with van der Waals surface area (Å²) in [7, 11) is 0. The van der Waals surface area contributed by atoms with Crippen LogP contribution < -0.4 is 15.0 Å². The van der Waals surface area contributed by atoms with Crippen LogP contribution in [0.2, 0.25) is 0 Å². The lowest BCUT2D eigenvalue weighted by Crippen LogP contribution is -2.44. The van der Waals surface area contributed by atoms with E-state index in [1.807, 2.05) is 31.2 Å². The maximum absolute atomic E-state index is 12.3. The molecule has 2 amide bonds. The van der Waals surface area contributed by atoms with Crippen molar-refractivity contribution in [3.63, 3.8) is 0 Å². The van der Waals surface area contributed by atoms with Gasteiger partial charge in [-0.25, -0.2) is 0 Å². The Morgan fingerprint density at radius 1 is 1.21 bits per heavy atom. The maximum atomic E-state index is 12.3. The minimum absolute atomic E-state index is 0.0366. The van der Waals surface area contributed by atoms with E-state index in [2.05, 4.69) is 5.32 Å². The molecule has 1 heterocycles. The van der Waals surface area contributed by atoms with Crippen molar-refractivity contribution in [1.82, 2.24) is 0 Å². The molecule has 1 aliphatic rings. The van der Waals surface area contributed by atoms with Gasteiger partial charge in [0.1, 0.15) is 5.75 Å². The highest BCUT2D eigenvalue weighted by Gasteiger charge is 2.31. The molecule has 0 aromatic heterocycles. The van der Waals surface area contributed by atoms with Gasteiger partial charge in [0.25, 0.3) is 11.8 Å². The molecule has 0 fully saturated rings. The van der Waals surface area contributed by atoms with Gasteiger partial charge in [0.15, 0.2) is 6.10 Å². The molecule has 2 aromatic carbocycles. The second-order valence-corrected chi connectivity index (χ2v) is 5.75. The molecular weight excluding hydrogens is 304 g/mol. The van der Waals surface area contributed by atoms with Gasteiger partial charge in [-0.3, -0.25) is 9.59 Å². The summed E-state index contributed by atoms with van der Waals surface area (Å²) in [6, 6.07) is 14.4. The Kier molecular flexibility index (Phi) is 4.51. The van der Waals surface area contributed by atoms with Crippen LogP contribution in [-0.2, 0) is 4.79 Å². The minimum atomic E-state index is -0.524. The van der Waals surface area contributed by atoms with Crippen molar-refractivity contribution >= 4 is 23.2 Å². The summed E-state index contributed by atoms with van der Waals surface area (Å²) in [6.07, 6.45) is 0.342. The number of rotatable bonds is 4. The number of benzene rings is 2. The lowest BCUT2D eigenvalue weighted by atomic mass is 10.1. The van der Waals surface area contributed by atoms with Gasteiger partial charge in [0.05, 0.1) is 5.69 Å². The number of amides is 2. The smallest absolute Gasteiger partial charge is 0.267 e. The first-order valence-corrected chi connectivity index (χ1v) is 8.08. The van der Waals surface area contributed by atoms with E-state index < -0.39 is 6.10 Å². The van der Waals surface area contributed by atoms with Crippen molar-refractivity contribution < 1.29 is 14.3 Å². The number of hydrogen-bond donors (Lipinski definition) is 1. The zero-order valence-electron chi connectivity index (χ0n) is 13.8. The number of ether oxygens (including phenoxy) is 1. The Bertz CT molecular complexity index is 758. The predicted octanol–water partition coefficient (Wildman–Crippen LogP) is 3.46. The molecule has 1 atom stereocenters. The maximum Gasteiger partial charge on any atom is 0.267 e. The van der Waals surface area contributed by atoms with E-state index in [0.717, 1.165) is 12.1 Å². The quantitative estimate of drug-likeness (QED) is 0.937. The van der Waals surface area contributed by atoms with Crippen LogP contribution in [0, 0.1) is 0 Å². The predicted molar refractivity (Wildman–Crippen MR) is 93.6 cm³/mol. The number of nitrogens with one attached hydrogen (secondary N) is 1. The van der Waals surface area contributed by atoms with Gasteiger partial charge in [0.2, 0.25) is 0 Å². The van der Waals surface area contributed by atoms with Crippen molar-refractivity contribution in [2.75, 3.05) is 16.8 Å². The van der Waals surface area contributed by atoms with Crippen LogP contribution in [0.25, 0.3) is 0 Å². The Hall–Kier alpha value is -2.82. The van der Waals surface area contributed by atoms with Crippen molar-refractivity contribution in [3.05, 3.63) is 54.1 Å². The zero-order chi connectivity index (χ0) is 17.1. The monoisotopic (exact) mass is 324 g/mol. The fourth-order valence-corrected chi connectivity index (χ4v) is 2.74. The van der Waals surface area contributed by atoms with Crippen molar-refractivity contribution in [2.24, 2.45) is 0 Å². The van der Waals surface area contributed by atoms with Crippen LogP contribution in [0.1, 0.15) is 30.6 Å². The SMILES string of the molecule is CCCN1C(=O)C(C)Oc2cc(NC(=O)c3ccccc3)ccc21. The third-order valence-corrected chi connectivity index (χ3v) is 3.91. The van der Waals surface area contributed by atoms with Gasteiger partial charge >= 0.3 is 0 Å². The summed E-state index contributed by atoms with van der Waals surface area (Å²) < 4.78 is 5.71. The average Bonchev–Trinajstić information content (AvgIpc) is 2.59. The average molecular weight is 324 g/mol. The van der Waals surface area contributed by atoms with Crippen molar-refractivity contribution in [2.45, 2.75) is 26.4 Å². The molecular formula is C19H20N2O3. The first kappa shape index (κ1) is 16.1. The fourth-order valence-electron chi connectivity index (χ4n) is 2.74. The van der Waals surface area contributed by atoms with E-state index >= 15 is 0 Å². The minimum Gasteiger partial charge on any atom is -0.479 e. The molecule has 24 heavy (non-hydrogen) atoms. The normalized spacial score (nSPS) is 16.3. The summed E-state index contributed by atoms with van der Waals surface area (Å²) in [5, 5.41) is 2.86. The van der Waals surface area contributed by atoms with E-state index in [-0.39, 0.29) is 11.8 Å². The van der Waals surface area contributed by atoms with Gasteiger partial charge in [-0.15, -0.1) is 0 Å². The molecule has 2 aromatic rings. The summed E-state index contributed by atoms with van der Waals surface area (Å²) in [6.45, 7) is 4.42. The fraction of sp³-hybridized carbons (Fsp3) is 0.263. The van der Waals surface area contributed by atoms with Gasteiger partial charge in [-0.2, -0.15) is 0 Å². The van der Waals surface area contributed by atoms with Crippen molar-refractivity contribution in [1.29, 1.82) is 0 Å². The molecule has 0 saturated heterocycles. The summed E-state index contributed by atoms with van der Waals surface area (Å²) in [5.74, 6) is 0.396. The Morgan fingerprint density at radius 3 is 2.67 bits per heavy atom. The van der Waals surface area contributed by atoms with Gasteiger partial charge in [-0.05, 0) is 37.6 Å². The van der Waals surface area contributed by atoms with E-state index in [9.17, 15) is 9.59 Å². The molecule has 124 valence electrons. The van der Waals surface area contributed by atoms with Crippen LogP contribution in [0.5, 0.6) is 5.75 Å². The van der Waals surface area contributed by atoms with Crippen LogP contribution in [0.4, 0.5) is 11.4 Å². The molecule has 5 heteroatoms. The molecule has 0 saturated carbocycles. The first-order valence-electron chi connectivity index (χ1n) is 8.08. The number of carbonyl (C=O) groups is 2. The standard InChI is InChI=1S/C19H20N2O3/c1-3-11-21-16-10-9-15(12-17(16)24-13(2)19(21)23)20-18(22)14-7-5-4-6-8-14/h4-10,12-13H,3,11H2,1-2H3,(H,20,22). The highest BCUT2D eigenvalue weighted by molar-refractivity contribution is 6.05. The second kappa shape index (κ2) is 6.74. The van der Waals surface area contributed by atoms with Crippen LogP contribution in [0.3, 0.4) is 0 Å². The largest absolute Gasteiger partial charge is 0.479 e. The molecule has 1 aliphatic heterocycles. The van der Waals surface area contributed by atoms with Crippen LogP contribution in [0.15, 0.2) is 48.5 Å². The van der Waals surface area contributed by atoms with Gasteiger partial charge < -0.3 is 15.0 Å². The number of nitrogens with zero attached hydrogens (tertiary/aromatic N) is 1. The first-order chi connectivity index (χ1) is 11.6. The summed E-state index contributed by atoms with van der Waals surface area (Å²) in [4.78, 5) is 26.2. The Balaban J connectivity index is 1.85. The van der Waals surface area contributed by atoms with E-state index in [1.54, 1.807) is 36.1 Å². The molecule has 0 radical (unpaired) electrons. The van der Waals surface area contributed by atoms with E-state index in [4.69, 9.17) is 4.74 Å². The lowest BCUT2D eigenvalue weighted by Gasteiger charge is -2.33. The molecule has 0 aliphatic carbocycles. The lowest BCUT2D eigenvalue weighted by molar-refractivity contribution is -0.125. The second-order valence-electron chi connectivity index (χ2n) is 5.75. The molecule has 1 N–H and O–H groups in total. The van der Waals surface area contributed by atoms with Gasteiger partial charge in [-0.1, -0.05) is 25.1 Å². The van der Waals surface area contributed by atoms with E-state index in [1.165, 1.54) is 0 Å². The Labute approximate surface area is 141 Å². The topological polar surface area (TPSA) is 58.6 Å². The number of fused-ring (bicyclic) bond motifs is 1. The highest BCUT2D eigenvalue weighted by atomic mass is 16.5. The van der Waals surface area contributed by atoms with Crippen molar-refractivity contribution in [3.8, 4) is 5.75 Å². The third-order valence-electron chi connectivity index (χ3n) is 3.91. The number of carbonyl (C=O) groups excluding carboxylic acids is 2. The number of anilines is 2. The summed E-state index contributed by atoms with van der Waals surface area (Å²) in [5.41, 5.74) is 1.98. The molecule has 5 nitrogen and oxygen atoms in total. The molecule has 1 unspecified atom stereocenters. The Morgan fingerprint density at radius 2 is 1.96 bits per heavy atom. The third kappa shape index (κ3) is 3.11.